The molecule has 0 aliphatic heterocycles. The number of benzene rings is 2. The van der Waals surface area contributed by atoms with Gasteiger partial charge >= 0.3 is 0 Å². The van der Waals surface area contributed by atoms with Crippen LogP contribution in [0.25, 0.3) is 5.69 Å². The first-order chi connectivity index (χ1) is 16.2. The quantitative estimate of drug-likeness (QED) is 0.302. The number of aromatic nitrogens is 3. The zero-order chi connectivity index (χ0) is 22.9. The van der Waals surface area contributed by atoms with E-state index in [1.165, 1.54) is 30.4 Å². The van der Waals surface area contributed by atoms with Gasteiger partial charge < -0.3 is 5.32 Å². The van der Waals surface area contributed by atoms with Crippen molar-refractivity contribution in [1.29, 1.82) is 0 Å². The molecule has 1 amide bonds. The summed E-state index contributed by atoms with van der Waals surface area (Å²) in [6, 6.07) is 19.3. The molecule has 0 atom stereocenters. The van der Waals surface area contributed by atoms with Gasteiger partial charge in [-0.15, -0.1) is 10.2 Å². The van der Waals surface area contributed by atoms with Crippen LogP contribution in [0.3, 0.4) is 0 Å². The molecular formula is C27H34N4OS. The number of hydrogen-bond acceptors (Lipinski definition) is 4. The summed E-state index contributed by atoms with van der Waals surface area (Å²) in [5, 5.41) is 13.2. The lowest BCUT2D eigenvalue weighted by Crippen LogP contribution is -2.35. The highest BCUT2D eigenvalue weighted by Gasteiger charge is 2.16. The highest BCUT2D eigenvalue weighted by Crippen LogP contribution is 2.25. The zero-order valence-electron chi connectivity index (χ0n) is 19.5. The fraction of sp³-hybridized carbons (Fsp3) is 0.444. The highest BCUT2D eigenvalue weighted by molar-refractivity contribution is 7.99. The monoisotopic (exact) mass is 462 g/mol. The molecule has 5 nitrogen and oxygen atoms in total. The first-order valence-electron chi connectivity index (χ1n) is 12.2. The molecule has 3 aromatic rings. The Bertz CT molecular complexity index is 1010. The average molecular weight is 463 g/mol. The van der Waals surface area contributed by atoms with E-state index in [-0.39, 0.29) is 5.91 Å². The molecule has 0 spiro atoms. The van der Waals surface area contributed by atoms with Crippen LogP contribution >= 0.6 is 11.8 Å². The minimum atomic E-state index is 0.208. The second kappa shape index (κ2) is 12.0. The topological polar surface area (TPSA) is 59.8 Å². The van der Waals surface area contributed by atoms with Crippen LogP contribution in [-0.4, -0.2) is 32.5 Å². The molecule has 1 fully saturated rings. The summed E-state index contributed by atoms with van der Waals surface area (Å²) < 4.78 is 2.17. The number of rotatable bonds is 10. The minimum absolute atomic E-state index is 0.208. The molecule has 174 valence electrons. The van der Waals surface area contributed by atoms with Crippen molar-refractivity contribution < 1.29 is 4.79 Å². The number of amides is 1. The Labute approximate surface area is 201 Å². The first kappa shape index (κ1) is 23.6. The van der Waals surface area contributed by atoms with E-state index in [1.54, 1.807) is 11.8 Å². The molecular weight excluding hydrogens is 428 g/mol. The van der Waals surface area contributed by atoms with Crippen LogP contribution in [0.1, 0.15) is 68.3 Å². The summed E-state index contributed by atoms with van der Waals surface area (Å²) in [5.41, 5.74) is 3.54. The lowest BCUT2D eigenvalue weighted by Gasteiger charge is -2.22. The third-order valence-electron chi connectivity index (χ3n) is 6.20. The lowest BCUT2D eigenvalue weighted by molar-refractivity contribution is -0.122. The molecule has 0 saturated heterocycles. The molecule has 1 saturated carbocycles. The number of thioether (sulfide) groups is 1. The standard InChI is InChI=1S/C27H34N4OS/c1-21-15-17-24(18-16-21)31-25(20-22-10-4-2-5-11-22)29-30-27(31)33-19-9-8-14-26(32)28-23-12-6-3-7-13-23/h2,4-5,10-11,15-18,23H,3,6-9,12-14,19-20H2,1H3,(H,28,32). The van der Waals surface area contributed by atoms with Gasteiger partial charge in [-0.25, -0.2) is 0 Å². The van der Waals surface area contributed by atoms with E-state index >= 15 is 0 Å². The molecule has 0 bridgehead atoms. The van der Waals surface area contributed by atoms with Crippen molar-refractivity contribution in [3.8, 4) is 5.69 Å². The molecule has 0 unspecified atom stereocenters. The van der Waals surface area contributed by atoms with Gasteiger partial charge in [0.05, 0.1) is 0 Å². The molecule has 1 N–H and O–H groups in total. The van der Waals surface area contributed by atoms with Gasteiger partial charge in [0, 0.05) is 30.3 Å². The molecule has 6 heteroatoms. The predicted octanol–water partition coefficient (Wildman–Crippen LogP) is 5.88. The third-order valence-corrected chi connectivity index (χ3v) is 7.21. The smallest absolute Gasteiger partial charge is 0.220 e. The molecule has 1 aromatic heterocycles. The van der Waals surface area contributed by atoms with Crippen LogP contribution < -0.4 is 5.32 Å². The van der Waals surface area contributed by atoms with Crippen molar-refractivity contribution in [3.63, 3.8) is 0 Å². The van der Waals surface area contributed by atoms with Gasteiger partial charge in [-0.2, -0.15) is 0 Å². The number of hydrogen-bond donors (Lipinski definition) is 1. The summed E-state index contributed by atoms with van der Waals surface area (Å²) in [7, 11) is 0. The summed E-state index contributed by atoms with van der Waals surface area (Å²) >= 11 is 1.72. The molecule has 1 aliphatic carbocycles. The van der Waals surface area contributed by atoms with Crippen LogP contribution in [0.4, 0.5) is 0 Å². The van der Waals surface area contributed by atoms with Gasteiger partial charge in [-0.3, -0.25) is 9.36 Å². The number of nitrogens with one attached hydrogen (secondary N) is 1. The largest absolute Gasteiger partial charge is 0.353 e. The fourth-order valence-corrected chi connectivity index (χ4v) is 5.31. The lowest BCUT2D eigenvalue weighted by atomic mass is 9.95. The Morgan fingerprint density at radius 2 is 1.76 bits per heavy atom. The predicted molar refractivity (Wildman–Crippen MR) is 135 cm³/mol. The molecule has 1 heterocycles. The van der Waals surface area contributed by atoms with E-state index in [1.807, 2.05) is 6.07 Å². The van der Waals surface area contributed by atoms with Crippen LogP contribution in [0, 0.1) is 6.92 Å². The van der Waals surface area contributed by atoms with Gasteiger partial charge in [0.1, 0.15) is 5.82 Å². The van der Waals surface area contributed by atoms with Gasteiger partial charge in [0.15, 0.2) is 5.16 Å². The third kappa shape index (κ3) is 6.94. The molecule has 4 rings (SSSR count). The number of carbonyl (C=O) groups is 1. The van der Waals surface area contributed by atoms with E-state index < -0.39 is 0 Å². The maximum Gasteiger partial charge on any atom is 0.220 e. The van der Waals surface area contributed by atoms with E-state index in [4.69, 9.17) is 0 Å². The number of aryl methyl sites for hydroxylation is 1. The SMILES string of the molecule is Cc1ccc(-n2c(Cc3ccccc3)nnc2SCCCCC(=O)NC2CCCCC2)cc1. The van der Waals surface area contributed by atoms with Crippen molar-refractivity contribution in [2.75, 3.05) is 5.75 Å². The molecule has 2 aromatic carbocycles. The van der Waals surface area contributed by atoms with Gasteiger partial charge in [-0.05, 0) is 50.3 Å². The van der Waals surface area contributed by atoms with Crippen molar-refractivity contribution in [1.82, 2.24) is 20.1 Å². The molecule has 0 radical (unpaired) electrons. The van der Waals surface area contributed by atoms with E-state index in [0.29, 0.717) is 12.5 Å². The Balaban J connectivity index is 1.33. The Morgan fingerprint density at radius 3 is 2.52 bits per heavy atom. The first-order valence-corrected chi connectivity index (χ1v) is 13.1. The second-order valence-electron chi connectivity index (χ2n) is 8.94. The van der Waals surface area contributed by atoms with Crippen LogP contribution in [0.2, 0.25) is 0 Å². The Kier molecular flexibility index (Phi) is 8.59. The fourth-order valence-electron chi connectivity index (χ4n) is 4.34. The maximum atomic E-state index is 12.2. The zero-order valence-corrected chi connectivity index (χ0v) is 20.3. The maximum absolute atomic E-state index is 12.2. The van der Waals surface area contributed by atoms with Crippen molar-refractivity contribution >= 4 is 17.7 Å². The number of nitrogens with zero attached hydrogens (tertiary/aromatic N) is 3. The van der Waals surface area contributed by atoms with Crippen LogP contribution in [-0.2, 0) is 11.2 Å². The highest BCUT2D eigenvalue weighted by atomic mass is 32.2. The number of unbranched alkanes of at least 4 members (excludes halogenated alkanes) is 1. The minimum Gasteiger partial charge on any atom is -0.353 e. The molecule has 1 aliphatic rings. The van der Waals surface area contributed by atoms with Crippen molar-refractivity contribution in [3.05, 3.63) is 71.5 Å². The van der Waals surface area contributed by atoms with E-state index in [0.717, 1.165) is 54.5 Å². The summed E-state index contributed by atoms with van der Waals surface area (Å²) in [6.07, 6.45) is 9.32. The second-order valence-corrected chi connectivity index (χ2v) is 10.0. The van der Waals surface area contributed by atoms with Gasteiger partial charge in [0.25, 0.3) is 0 Å². The Morgan fingerprint density at radius 1 is 1.00 bits per heavy atom. The summed E-state index contributed by atoms with van der Waals surface area (Å²) in [6.45, 7) is 2.10. The van der Waals surface area contributed by atoms with Crippen molar-refractivity contribution in [2.45, 2.75) is 75.9 Å². The summed E-state index contributed by atoms with van der Waals surface area (Å²) in [5.74, 6) is 2.07. The van der Waals surface area contributed by atoms with Crippen LogP contribution in [0.15, 0.2) is 59.8 Å². The van der Waals surface area contributed by atoms with Crippen molar-refractivity contribution in [2.24, 2.45) is 0 Å². The van der Waals surface area contributed by atoms with Gasteiger partial charge in [0.2, 0.25) is 5.91 Å². The summed E-state index contributed by atoms with van der Waals surface area (Å²) in [4.78, 5) is 12.2. The van der Waals surface area contributed by atoms with E-state index in [9.17, 15) is 4.79 Å². The van der Waals surface area contributed by atoms with Crippen LogP contribution in [0.5, 0.6) is 0 Å². The van der Waals surface area contributed by atoms with E-state index in [2.05, 4.69) is 75.5 Å². The normalized spacial score (nSPS) is 14.3. The number of carbonyl (C=O) groups excluding carboxylic acids is 1. The molecule has 33 heavy (non-hydrogen) atoms. The average Bonchev–Trinajstić information content (AvgIpc) is 3.23. The Hall–Kier alpha value is -2.60. The van der Waals surface area contributed by atoms with Gasteiger partial charge in [-0.1, -0.05) is 79.1 Å².